The molecule has 0 bridgehead atoms. The van der Waals surface area contributed by atoms with Gasteiger partial charge in [0.05, 0.1) is 5.60 Å². The van der Waals surface area contributed by atoms with Crippen molar-refractivity contribution in [2.75, 3.05) is 0 Å². The maximum absolute atomic E-state index is 10.6. The minimum atomic E-state index is -0.550. The molecule has 2 rings (SSSR count). The summed E-state index contributed by atoms with van der Waals surface area (Å²) in [5.41, 5.74) is 0.552. The predicted molar refractivity (Wildman–Crippen MR) is 67.2 cm³/mol. The minimum absolute atomic E-state index is 0.550. The normalized spacial score (nSPS) is 30.2. The topological polar surface area (TPSA) is 20.2 Å². The smallest absolute Gasteiger partial charge is 0.0896 e. The van der Waals surface area contributed by atoms with Gasteiger partial charge in [-0.25, -0.2) is 0 Å². The molecule has 1 aliphatic rings. The third-order valence-corrected chi connectivity index (χ3v) is 3.94. The van der Waals surface area contributed by atoms with Gasteiger partial charge in [-0.15, -0.1) is 0 Å². The molecule has 0 unspecified atom stereocenters. The van der Waals surface area contributed by atoms with Crippen LogP contribution >= 0.6 is 0 Å². The molecule has 1 N–H and O–H groups in total. The molecule has 1 aromatic carbocycles. The monoisotopic (exact) mass is 218 g/mol. The largest absolute Gasteiger partial charge is 0.385 e. The number of aliphatic hydroxyl groups is 1. The first-order valence-corrected chi connectivity index (χ1v) is 6.52. The summed E-state index contributed by atoms with van der Waals surface area (Å²) in [5.74, 6) is 0.842. The average molecular weight is 218 g/mol. The standard InChI is InChI=1S/C15H22O/c1-2-6-13-9-11-15(16,12-10-13)14-7-4-3-5-8-14/h3-5,7-8,13,16H,2,6,9-12H2,1H3. The van der Waals surface area contributed by atoms with Crippen LogP contribution in [0.25, 0.3) is 0 Å². The van der Waals surface area contributed by atoms with Crippen LogP contribution in [-0.2, 0) is 5.60 Å². The van der Waals surface area contributed by atoms with E-state index in [0.717, 1.165) is 24.3 Å². The van der Waals surface area contributed by atoms with Crippen LogP contribution in [0.5, 0.6) is 0 Å². The Kier molecular flexibility index (Phi) is 3.65. The zero-order valence-corrected chi connectivity index (χ0v) is 10.2. The van der Waals surface area contributed by atoms with Crippen LogP contribution in [0, 0.1) is 5.92 Å². The van der Waals surface area contributed by atoms with Gasteiger partial charge in [-0.1, -0.05) is 50.1 Å². The molecule has 0 spiro atoms. The lowest BCUT2D eigenvalue weighted by Crippen LogP contribution is -2.31. The van der Waals surface area contributed by atoms with E-state index in [1.807, 2.05) is 18.2 Å². The molecule has 1 saturated carbocycles. The number of benzene rings is 1. The summed E-state index contributed by atoms with van der Waals surface area (Å²) in [7, 11) is 0. The van der Waals surface area contributed by atoms with E-state index in [1.165, 1.54) is 25.7 Å². The van der Waals surface area contributed by atoms with E-state index in [-0.39, 0.29) is 0 Å². The first-order valence-electron chi connectivity index (χ1n) is 6.52. The maximum Gasteiger partial charge on any atom is 0.0896 e. The van der Waals surface area contributed by atoms with Gasteiger partial charge >= 0.3 is 0 Å². The van der Waals surface area contributed by atoms with Gasteiger partial charge in [0, 0.05) is 0 Å². The molecular formula is C15H22O. The quantitative estimate of drug-likeness (QED) is 0.816. The van der Waals surface area contributed by atoms with Crippen molar-refractivity contribution in [2.45, 2.75) is 51.0 Å². The second-order valence-electron chi connectivity index (χ2n) is 5.13. The van der Waals surface area contributed by atoms with Gasteiger partial charge in [-0.05, 0) is 37.2 Å². The Morgan fingerprint density at radius 1 is 1.19 bits per heavy atom. The summed E-state index contributed by atoms with van der Waals surface area (Å²) in [6.45, 7) is 2.25. The van der Waals surface area contributed by atoms with Crippen molar-refractivity contribution in [1.29, 1.82) is 0 Å². The summed E-state index contributed by atoms with van der Waals surface area (Å²) in [4.78, 5) is 0. The highest BCUT2D eigenvalue weighted by Gasteiger charge is 2.34. The van der Waals surface area contributed by atoms with E-state index in [0.29, 0.717) is 0 Å². The van der Waals surface area contributed by atoms with E-state index >= 15 is 0 Å². The van der Waals surface area contributed by atoms with Gasteiger partial charge < -0.3 is 5.11 Å². The van der Waals surface area contributed by atoms with Crippen LogP contribution < -0.4 is 0 Å². The van der Waals surface area contributed by atoms with Gasteiger partial charge in [-0.3, -0.25) is 0 Å². The van der Waals surface area contributed by atoms with Crippen LogP contribution in [0.2, 0.25) is 0 Å². The van der Waals surface area contributed by atoms with E-state index in [1.54, 1.807) is 0 Å². The van der Waals surface area contributed by atoms with Crippen molar-refractivity contribution in [3.63, 3.8) is 0 Å². The maximum atomic E-state index is 10.6. The van der Waals surface area contributed by atoms with Crippen molar-refractivity contribution < 1.29 is 5.11 Å². The van der Waals surface area contributed by atoms with Crippen molar-refractivity contribution in [1.82, 2.24) is 0 Å². The molecule has 1 heteroatoms. The Bertz CT molecular complexity index is 309. The Morgan fingerprint density at radius 3 is 2.38 bits per heavy atom. The van der Waals surface area contributed by atoms with Crippen molar-refractivity contribution in [3.8, 4) is 0 Å². The van der Waals surface area contributed by atoms with Gasteiger partial charge in [0.2, 0.25) is 0 Å². The SMILES string of the molecule is CCCC1CCC(O)(c2ccccc2)CC1. The lowest BCUT2D eigenvalue weighted by Gasteiger charge is -2.36. The molecule has 0 amide bonds. The molecule has 0 aromatic heterocycles. The molecule has 1 aliphatic carbocycles. The lowest BCUT2D eigenvalue weighted by molar-refractivity contribution is -0.0152. The summed E-state index contributed by atoms with van der Waals surface area (Å²) in [6.07, 6.45) is 6.82. The fourth-order valence-electron chi connectivity index (χ4n) is 2.89. The fourth-order valence-corrected chi connectivity index (χ4v) is 2.89. The van der Waals surface area contributed by atoms with E-state index in [2.05, 4.69) is 19.1 Å². The van der Waals surface area contributed by atoms with Gasteiger partial charge in [0.15, 0.2) is 0 Å². The molecule has 0 saturated heterocycles. The zero-order valence-electron chi connectivity index (χ0n) is 10.2. The zero-order chi connectivity index (χ0) is 11.4. The molecule has 0 heterocycles. The number of hydrogen-bond acceptors (Lipinski definition) is 1. The molecular weight excluding hydrogens is 196 g/mol. The minimum Gasteiger partial charge on any atom is -0.385 e. The molecule has 1 fully saturated rings. The molecule has 0 radical (unpaired) electrons. The van der Waals surface area contributed by atoms with Crippen molar-refractivity contribution in [2.24, 2.45) is 5.92 Å². The molecule has 0 aliphatic heterocycles. The van der Waals surface area contributed by atoms with E-state index < -0.39 is 5.60 Å². The van der Waals surface area contributed by atoms with E-state index in [9.17, 15) is 5.11 Å². The van der Waals surface area contributed by atoms with Crippen molar-refractivity contribution in [3.05, 3.63) is 35.9 Å². The van der Waals surface area contributed by atoms with Crippen LogP contribution in [0.3, 0.4) is 0 Å². The average Bonchev–Trinajstić information content (AvgIpc) is 2.34. The third-order valence-electron chi connectivity index (χ3n) is 3.94. The fraction of sp³-hybridized carbons (Fsp3) is 0.600. The molecule has 16 heavy (non-hydrogen) atoms. The van der Waals surface area contributed by atoms with Crippen molar-refractivity contribution >= 4 is 0 Å². The second kappa shape index (κ2) is 5.01. The van der Waals surface area contributed by atoms with Gasteiger partial charge in [-0.2, -0.15) is 0 Å². The Balaban J connectivity index is 2.01. The molecule has 1 nitrogen and oxygen atoms in total. The first kappa shape index (κ1) is 11.7. The highest BCUT2D eigenvalue weighted by molar-refractivity contribution is 5.22. The highest BCUT2D eigenvalue weighted by Crippen LogP contribution is 2.40. The summed E-state index contributed by atoms with van der Waals surface area (Å²) in [6, 6.07) is 10.2. The van der Waals surface area contributed by atoms with Crippen LogP contribution in [0.4, 0.5) is 0 Å². The Morgan fingerprint density at radius 2 is 1.81 bits per heavy atom. The predicted octanol–water partition coefficient (Wildman–Crippen LogP) is 3.86. The van der Waals surface area contributed by atoms with Crippen LogP contribution in [0.1, 0.15) is 51.0 Å². The Hall–Kier alpha value is -0.820. The first-order chi connectivity index (χ1) is 7.74. The van der Waals surface area contributed by atoms with Gasteiger partial charge in [0.1, 0.15) is 0 Å². The van der Waals surface area contributed by atoms with Crippen LogP contribution in [0.15, 0.2) is 30.3 Å². The van der Waals surface area contributed by atoms with Gasteiger partial charge in [0.25, 0.3) is 0 Å². The highest BCUT2D eigenvalue weighted by atomic mass is 16.3. The lowest BCUT2D eigenvalue weighted by atomic mass is 9.74. The second-order valence-corrected chi connectivity index (χ2v) is 5.13. The van der Waals surface area contributed by atoms with Crippen LogP contribution in [-0.4, -0.2) is 5.11 Å². The summed E-state index contributed by atoms with van der Waals surface area (Å²) < 4.78 is 0. The molecule has 88 valence electrons. The summed E-state index contributed by atoms with van der Waals surface area (Å²) in [5, 5.41) is 10.6. The number of hydrogen-bond donors (Lipinski definition) is 1. The molecule has 1 aromatic rings. The Labute approximate surface area is 98.5 Å². The number of rotatable bonds is 3. The summed E-state index contributed by atoms with van der Waals surface area (Å²) >= 11 is 0. The van der Waals surface area contributed by atoms with E-state index in [4.69, 9.17) is 0 Å². The molecule has 0 atom stereocenters. The third kappa shape index (κ3) is 2.46.